The van der Waals surface area contributed by atoms with Gasteiger partial charge in [-0.2, -0.15) is 0 Å². The number of Topliss-reactive ketones (excluding diaryl/α,β-unsaturated/α-hetero) is 1. The largest absolute Gasteiger partial charge is 0.300 e. The summed E-state index contributed by atoms with van der Waals surface area (Å²) < 4.78 is 0. The van der Waals surface area contributed by atoms with Crippen LogP contribution >= 0.6 is 0 Å². The molecule has 124 valence electrons. The van der Waals surface area contributed by atoms with Gasteiger partial charge in [-0.05, 0) is 68.3 Å². The molecule has 4 aliphatic carbocycles. The van der Waals surface area contributed by atoms with E-state index in [0.717, 1.165) is 25.7 Å². The summed E-state index contributed by atoms with van der Waals surface area (Å²) in [6, 6.07) is 0. The number of allylic oxidation sites excluding steroid dienone is 4. The summed E-state index contributed by atoms with van der Waals surface area (Å²) >= 11 is 0. The molecule has 0 N–H and O–H groups in total. The van der Waals surface area contributed by atoms with Crippen molar-refractivity contribution in [2.45, 2.75) is 59.3 Å². The van der Waals surface area contributed by atoms with Crippen LogP contribution in [0.2, 0.25) is 0 Å². The van der Waals surface area contributed by atoms with Crippen molar-refractivity contribution < 1.29 is 9.59 Å². The van der Waals surface area contributed by atoms with Gasteiger partial charge >= 0.3 is 0 Å². The third-order valence-corrected chi connectivity index (χ3v) is 7.91. The molecule has 2 fully saturated rings. The molecule has 0 bridgehead atoms. The van der Waals surface area contributed by atoms with Gasteiger partial charge in [-0.15, -0.1) is 0 Å². The van der Waals surface area contributed by atoms with Crippen LogP contribution in [-0.2, 0) is 9.59 Å². The van der Waals surface area contributed by atoms with E-state index >= 15 is 0 Å². The van der Waals surface area contributed by atoms with Crippen molar-refractivity contribution in [3.8, 4) is 0 Å². The lowest BCUT2D eigenvalue weighted by molar-refractivity contribution is -0.125. The van der Waals surface area contributed by atoms with Crippen LogP contribution in [0.5, 0.6) is 0 Å². The van der Waals surface area contributed by atoms with Gasteiger partial charge in [-0.1, -0.05) is 31.6 Å². The van der Waals surface area contributed by atoms with E-state index in [1.165, 1.54) is 12.8 Å². The van der Waals surface area contributed by atoms with Crippen molar-refractivity contribution in [2.75, 3.05) is 0 Å². The summed E-state index contributed by atoms with van der Waals surface area (Å²) in [5.74, 6) is 2.69. The Hall–Kier alpha value is -1.18. The minimum atomic E-state index is 0.0759. The van der Waals surface area contributed by atoms with E-state index in [9.17, 15) is 9.59 Å². The maximum atomic E-state index is 12.1. The molecule has 2 heteroatoms. The van der Waals surface area contributed by atoms with E-state index < -0.39 is 0 Å². The summed E-state index contributed by atoms with van der Waals surface area (Å²) in [5, 5.41) is 0. The fourth-order valence-electron chi connectivity index (χ4n) is 6.60. The molecule has 0 heterocycles. The Morgan fingerprint density at radius 3 is 2.70 bits per heavy atom. The monoisotopic (exact) mass is 312 g/mol. The number of fused-ring (bicyclic) bond motifs is 5. The van der Waals surface area contributed by atoms with E-state index in [1.807, 2.05) is 6.08 Å². The van der Waals surface area contributed by atoms with Gasteiger partial charge in [0.2, 0.25) is 0 Å². The zero-order valence-corrected chi connectivity index (χ0v) is 14.6. The Morgan fingerprint density at radius 1 is 1.17 bits per heavy atom. The molecule has 4 aliphatic rings. The summed E-state index contributed by atoms with van der Waals surface area (Å²) in [6.45, 7) is 6.49. The number of ketones is 2. The molecule has 0 aliphatic heterocycles. The molecule has 2 nitrogen and oxygen atoms in total. The smallest absolute Gasteiger partial charge is 0.155 e. The molecule has 1 unspecified atom stereocenters. The molecule has 0 aromatic carbocycles. The number of rotatable bonds is 1. The predicted molar refractivity (Wildman–Crippen MR) is 90.8 cm³/mol. The molecule has 6 atom stereocenters. The van der Waals surface area contributed by atoms with Gasteiger partial charge in [-0.25, -0.2) is 0 Å². The van der Waals surface area contributed by atoms with Crippen LogP contribution in [0, 0.1) is 34.5 Å². The summed E-state index contributed by atoms with van der Waals surface area (Å²) in [5.41, 5.74) is 1.83. The van der Waals surface area contributed by atoms with Gasteiger partial charge in [0.25, 0.3) is 0 Å². The van der Waals surface area contributed by atoms with Crippen molar-refractivity contribution in [2.24, 2.45) is 34.5 Å². The lowest BCUT2D eigenvalue weighted by Crippen LogP contribution is -2.47. The molecule has 0 aromatic heterocycles. The van der Waals surface area contributed by atoms with Gasteiger partial charge in [0.1, 0.15) is 5.78 Å². The van der Waals surface area contributed by atoms with Gasteiger partial charge in [0.15, 0.2) is 5.78 Å². The maximum Gasteiger partial charge on any atom is 0.155 e. The summed E-state index contributed by atoms with van der Waals surface area (Å²) in [4.78, 5) is 24.0. The normalized spacial score (nSPS) is 48.3. The molecule has 0 saturated heterocycles. The minimum absolute atomic E-state index is 0.0759. The number of carbonyl (C=O) groups is 2. The molecule has 4 rings (SSSR count). The highest BCUT2D eigenvalue weighted by atomic mass is 16.1. The second kappa shape index (κ2) is 4.91. The van der Waals surface area contributed by atoms with E-state index in [2.05, 4.69) is 26.0 Å². The van der Waals surface area contributed by atoms with Crippen LogP contribution in [-0.4, -0.2) is 11.6 Å². The Labute approximate surface area is 139 Å². The van der Waals surface area contributed by atoms with Crippen LogP contribution in [0.3, 0.4) is 0 Å². The topological polar surface area (TPSA) is 34.1 Å². The van der Waals surface area contributed by atoms with Crippen molar-refractivity contribution in [1.29, 1.82) is 0 Å². The quantitative estimate of drug-likeness (QED) is 0.668. The van der Waals surface area contributed by atoms with Gasteiger partial charge in [-0.3, -0.25) is 9.59 Å². The van der Waals surface area contributed by atoms with Crippen LogP contribution in [0.1, 0.15) is 59.3 Å². The molecule has 0 spiro atoms. The Balaban J connectivity index is 1.74. The lowest BCUT2D eigenvalue weighted by Gasteiger charge is -2.54. The van der Waals surface area contributed by atoms with E-state index in [4.69, 9.17) is 0 Å². The third kappa shape index (κ3) is 1.99. The maximum absolute atomic E-state index is 12.1. The fraction of sp³-hybridized carbons (Fsp3) is 0.714. The molecule has 0 radical (unpaired) electrons. The van der Waals surface area contributed by atoms with Crippen LogP contribution in [0.15, 0.2) is 23.8 Å². The zero-order valence-electron chi connectivity index (χ0n) is 14.6. The molecular formula is C21H28O2. The Bertz CT molecular complexity index is 628. The highest BCUT2D eigenvalue weighted by Crippen LogP contribution is 2.64. The first-order valence-corrected chi connectivity index (χ1v) is 9.29. The Morgan fingerprint density at radius 2 is 1.96 bits per heavy atom. The predicted octanol–water partition coefficient (Wildman–Crippen LogP) is 4.50. The lowest BCUT2D eigenvalue weighted by atomic mass is 9.50. The standard InChI is InChI=1S/C21H28O2/c1-13(22)17-6-7-18-16-5-4-14-12-15(23)8-10-20(14,2)19(16)9-11-21(17,18)3/h8-10,14,16-18H,4-7,11-12H2,1-3H3/t14?,16-,17+,18-,20-,21+/m0/s1. The van der Waals surface area contributed by atoms with Gasteiger partial charge in [0, 0.05) is 17.8 Å². The fourth-order valence-corrected chi connectivity index (χ4v) is 6.60. The van der Waals surface area contributed by atoms with Crippen LogP contribution < -0.4 is 0 Å². The number of hydrogen-bond acceptors (Lipinski definition) is 2. The average molecular weight is 312 g/mol. The highest BCUT2D eigenvalue weighted by molar-refractivity contribution is 5.91. The average Bonchev–Trinajstić information content (AvgIpc) is 2.85. The van der Waals surface area contributed by atoms with Crippen molar-refractivity contribution >= 4 is 11.6 Å². The molecule has 0 aromatic rings. The van der Waals surface area contributed by atoms with E-state index in [0.29, 0.717) is 29.3 Å². The second-order valence-electron chi connectivity index (χ2n) is 8.88. The zero-order chi connectivity index (χ0) is 16.4. The number of carbonyl (C=O) groups excluding carboxylic acids is 2. The molecular weight excluding hydrogens is 284 g/mol. The van der Waals surface area contributed by atoms with Crippen LogP contribution in [0.4, 0.5) is 0 Å². The van der Waals surface area contributed by atoms with Crippen LogP contribution in [0.25, 0.3) is 0 Å². The molecule has 0 amide bonds. The van der Waals surface area contributed by atoms with Gasteiger partial charge in [0.05, 0.1) is 0 Å². The first-order chi connectivity index (χ1) is 10.9. The second-order valence-corrected chi connectivity index (χ2v) is 8.88. The van der Waals surface area contributed by atoms with E-state index in [1.54, 1.807) is 12.5 Å². The van der Waals surface area contributed by atoms with E-state index in [-0.39, 0.29) is 16.7 Å². The third-order valence-electron chi connectivity index (χ3n) is 7.91. The highest BCUT2D eigenvalue weighted by Gasteiger charge is 2.57. The SMILES string of the molecule is CC(=O)[C@H]1CC[C@H]2[C@@H]3CCC4CC(=O)C=C[C@]4(C)C3=CC[C@]12C. The molecule has 23 heavy (non-hydrogen) atoms. The summed E-state index contributed by atoms with van der Waals surface area (Å²) in [7, 11) is 0. The van der Waals surface area contributed by atoms with Crippen molar-refractivity contribution in [1.82, 2.24) is 0 Å². The minimum Gasteiger partial charge on any atom is -0.300 e. The van der Waals surface area contributed by atoms with Crippen molar-refractivity contribution in [3.05, 3.63) is 23.8 Å². The first-order valence-electron chi connectivity index (χ1n) is 9.29. The van der Waals surface area contributed by atoms with Crippen molar-refractivity contribution in [3.63, 3.8) is 0 Å². The number of hydrogen-bond donors (Lipinski definition) is 0. The molecule has 2 saturated carbocycles. The Kier molecular flexibility index (Phi) is 3.28. The summed E-state index contributed by atoms with van der Waals surface area (Å²) in [6.07, 6.45) is 12.9. The van der Waals surface area contributed by atoms with Gasteiger partial charge < -0.3 is 0 Å². The first kappa shape index (κ1) is 15.4.